The molecule has 0 bridgehead atoms. The molecule has 0 unspecified atom stereocenters. The molecule has 0 fully saturated rings. The van der Waals surface area contributed by atoms with Crippen LogP contribution in [0.3, 0.4) is 0 Å². The maximum Gasteiger partial charge on any atom is 0.211 e. The highest BCUT2D eigenvalue weighted by Gasteiger charge is 2.21. The van der Waals surface area contributed by atoms with Crippen LogP contribution in [-0.2, 0) is 9.84 Å². The van der Waals surface area contributed by atoms with Gasteiger partial charge >= 0.3 is 0 Å². The maximum atomic E-state index is 13.0. The number of benzene rings is 2. The van der Waals surface area contributed by atoms with Crippen molar-refractivity contribution in [1.29, 1.82) is 0 Å². The van der Waals surface area contributed by atoms with Crippen molar-refractivity contribution in [3.05, 3.63) is 85.2 Å². The van der Waals surface area contributed by atoms with Gasteiger partial charge in [-0.15, -0.1) is 0 Å². The van der Waals surface area contributed by atoms with Gasteiger partial charge in [-0.1, -0.05) is 24.3 Å². The largest absolute Gasteiger partial charge is 1.00 e. The molecular formula is C19H14BrNO2S. The lowest BCUT2D eigenvalue weighted by atomic mass is 10.1. The van der Waals surface area contributed by atoms with Gasteiger partial charge in [-0.2, -0.15) is 4.40 Å². The van der Waals surface area contributed by atoms with E-state index in [-0.39, 0.29) is 17.0 Å². The summed E-state index contributed by atoms with van der Waals surface area (Å²) in [5.74, 6) is 0. The van der Waals surface area contributed by atoms with E-state index in [0.29, 0.717) is 9.79 Å². The van der Waals surface area contributed by atoms with Crippen molar-refractivity contribution in [3.63, 3.8) is 0 Å². The van der Waals surface area contributed by atoms with Gasteiger partial charge in [0.15, 0.2) is 12.4 Å². The molecule has 5 heteroatoms. The highest BCUT2D eigenvalue weighted by atomic mass is 79.9. The lowest BCUT2D eigenvalue weighted by molar-refractivity contribution is -0.510. The molecule has 0 aliphatic rings. The molecule has 4 aromatic rings. The monoisotopic (exact) mass is 399 g/mol. The van der Waals surface area contributed by atoms with Crippen LogP contribution in [0.2, 0.25) is 0 Å². The standard InChI is InChI=1S/C19H14NO2S.BrH/c21-23(22,17-9-2-1-3-10-17)19-11-6-7-15-14-20-12-5-4-8-16(20)13-18(15)19;/h1-14H;1H/q+1;/p-1. The fourth-order valence-corrected chi connectivity index (χ4v) is 4.29. The molecule has 0 N–H and O–H groups in total. The second-order valence-electron chi connectivity index (χ2n) is 5.38. The van der Waals surface area contributed by atoms with E-state index in [2.05, 4.69) is 0 Å². The fourth-order valence-electron chi connectivity index (χ4n) is 2.80. The molecule has 0 spiro atoms. The molecule has 0 saturated carbocycles. The molecule has 0 atom stereocenters. The Kier molecular flexibility index (Phi) is 4.39. The van der Waals surface area contributed by atoms with Crippen LogP contribution in [0.5, 0.6) is 0 Å². The average Bonchev–Trinajstić information content (AvgIpc) is 2.60. The van der Waals surface area contributed by atoms with Gasteiger partial charge in [-0.25, -0.2) is 8.42 Å². The second-order valence-corrected chi connectivity index (χ2v) is 7.30. The Morgan fingerprint density at radius 2 is 1.54 bits per heavy atom. The van der Waals surface area contributed by atoms with Crippen LogP contribution in [0.4, 0.5) is 0 Å². The van der Waals surface area contributed by atoms with Crippen LogP contribution in [-0.4, -0.2) is 8.42 Å². The zero-order chi connectivity index (χ0) is 15.9. The number of fused-ring (bicyclic) bond motifs is 2. The third kappa shape index (κ3) is 2.70. The Morgan fingerprint density at radius 1 is 0.792 bits per heavy atom. The molecule has 2 heterocycles. The summed E-state index contributed by atoms with van der Waals surface area (Å²) in [4.78, 5) is 0.654. The van der Waals surface area contributed by atoms with E-state index >= 15 is 0 Å². The van der Waals surface area contributed by atoms with E-state index in [9.17, 15) is 8.42 Å². The van der Waals surface area contributed by atoms with Crippen LogP contribution < -0.4 is 21.4 Å². The number of hydrogen-bond donors (Lipinski definition) is 0. The van der Waals surface area contributed by atoms with Gasteiger partial charge in [0.05, 0.1) is 9.79 Å². The molecule has 2 aromatic carbocycles. The van der Waals surface area contributed by atoms with E-state index in [4.69, 9.17) is 0 Å². The van der Waals surface area contributed by atoms with Crippen molar-refractivity contribution in [2.45, 2.75) is 9.79 Å². The first kappa shape index (κ1) is 16.6. The van der Waals surface area contributed by atoms with Crippen molar-refractivity contribution < 1.29 is 29.8 Å². The number of aromatic nitrogens is 1. The summed E-state index contributed by atoms with van der Waals surface area (Å²) in [6.45, 7) is 0. The minimum absolute atomic E-state index is 0. The normalized spacial score (nSPS) is 11.3. The summed E-state index contributed by atoms with van der Waals surface area (Å²) in [6, 6.07) is 21.7. The summed E-state index contributed by atoms with van der Waals surface area (Å²) in [6.07, 6.45) is 3.90. The number of rotatable bonds is 2. The zero-order valence-electron chi connectivity index (χ0n) is 12.6. The third-order valence-electron chi connectivity index (χ3n) is 3.94. The molecular weight excluding hydrogens is 386 g/mol. The Balaban J connectivity index is 0.00000169. The van der Waals surface area contributed by atoms with Crippen molar-refractivity contribution in [2.75, 3.05) is 0 Å². The number of hydrogen-bond acceptors (Lipinski definition) is 2. The highest BCUT2D eigenvalue weighted by Crippen LogP contribution is 2.28. The summed E-state index contributed by atoms with van der Waals surface area (Å²) in [5, 5.41) is 1.63. The molecule has 0 radical (unpaired) electrons. The van der Waals surface area contributed by atoms with Gasteiger partial charge in [0.1, 0.15) is 0 Å². The highest BCUT2D eigenvalue weighted by molar-refractivity contribution is 7.91. The number of pyridine rings is 2. The first-order valence-electron chi connectivity index (χ1n) is 7.29. The van der Waals surface area contributed by atoms with Gasteiger partial charge in [-0.05, 0) is 30.3 Å². The molecule has 24 heavy (non-hydrogen) atoms. The summed E-state index contributed by atoms with van der Waals surface area (Å²) in [5.41, 5.74) is 0.954. The Bertz CT molecular complexity index is 1130. The van der Waals surface area contributed by atoms with Gasteiger partial charge in [0, 0.05) is 29.0 Å². The van der Waals surface area contributed by atoms with E-state index in [1.54, 1.807) is 36.4 Å². The number of sulfone groups is 1. The van der Waals surface area contributed by atoms with Crippen LogP contribution in [0.15, 0.2) is 95.0 Å². The first-order valence-corrected chi connectivity index (χ1v) is 8.77. The van der Waals surface area contributed by atoms with E-state index in [1.165, 1.54) is 0 Å². The number of nitrogens with zero attached hydrogens (tertiary/aromatic N) is 1. The Morgan fingerprint density at radius 3 is 2.33 bits per heavy atom. The molecule has 2 aromatic heterocycles. The van der Waals surface area contributed by atoms with Crippen molar-refractivity contribution in [2.24, 2.45) is 0 Å². The van der Waals surface area contributed by atoms with Gasteiger partial charge < -0.3 is 17.0 Å². The Labute approximate surface area is 150 Å². The molecule has 0 aliphatic carbocycles. The van der Waals surface area contributed by atoms with Crippen molar-refractivity contribution in [1.82, 2.24) is 0 Å². The minimum atomic E-state index is -3.54. The van der Waals surface area contributed by atoms with Crippen molar-refractivity contribution >= 4 is 26.1 Å². The second kappa shape index (κ2) is 6.34. The van der Waals surface area contributed by atoms with Gasteiger partial charge in [-0.3, -0.25) is 0 Å². The summed E-state index contributed by atoms with van der Waals surface area (Å²) in [7, 11) is -3.54. The lowest BCUT2D eigenvalue weighted by Gasteiger charge is -2.07. The average molecular weight is 400 g/mol. The van der Waals surface area contributed by atoms with Crippen molar-refractivity contribution in [3.8, 4) is 0 Å². The smallest absolute Gasteiger partial charge is 0.211 e. The predicted molar refractivity (Wildman–Crippen MR) is 89.0 cm³/mol. The van der Waals surface area contributed by atoms with E-state index in [0.717, 1.165) is 16.3 Å². The first-order chi connectivity index (χ1) is 11.2. The van der Waals surface area contributed by atoms with Crippen LogP contribution in [0.25, 0.3) is 16.3 Å². The Hall–Kier alpha value is -2.24. The molecule has 4 rings (SSSR count). The predicted octanol–water partition coefficient (Wildman–Crippen LogP) is 0.415. The quantitative estimate of drug-likeness (QED) is 0.361. The molecule has 120 valence electrons. The maximum absolute atomic E-state index is 13.0. The molecule has 3 nitrogen and oxygen atoms in total. The zero-order valence-corrected chi connectivity index (χ0v) is 15.0. The minimum Gasteiger partial charge on any atom is -1.00 e. The van der Waals surface area contributed by atoms with Crippen LogP contribution in [0.1, 0.15) is 0 Å². The summed E-state index contributed by atoms with van der Waals surface area (Å²) < 4.78 is 27.9. The third-order valence-corrected chi connectivity index (χ3v) is 5.76. The van der Waals surface area contributed by atoms with Crippen LogP contribution >= 0.6 is 0 Å². The van der Waals surface area contributed by atoms with Crippen LogP contribution in [0, 0.1) is 0 Å². The molecule has 0 aliphatic heterocycles. The SMILES string of the molecule is O=S(=O)(c1ccccc1)c1cccc2c[n+]3ccccc3cc12.[Br-]. The number of halogens is 1. The van der Waals surface area contributed by atoms with E-state index in [1.807, 2.05) is 53.2 Å². The van der Waals surface area contributed by atoms with Gasteiger partial charge in [0.25, 0.3) is 0 Å². The fraction of sp³-hybridized carbons (Fsp3) is 0. The topological polar surface area (TPSA) is 38.2 Å². The molecule has 0 amide bonds. The van der Waals surface area contributed by atoms with E-state index < -0.39 is 9.84 Å². The van der Waals surface area contributed by atoms with Gasteiger partial charge in [0.2, 0.25) is 15.4 Å². The lowest BCUT2D eigenvalue weighted by Crippen LogP contribution is -3.00. The molecule has 0 saturated heterocycles. The summed E-state index contributed by atoms with van der Waals surface area (Å²) >= 11 is 0.